The highest BCUT2D eigenvalue weighted by molar-refractivity contribution is 5.99. The second kappa shape index (κ2) is 5.52. The largest absolute Gasteiger partial charge is 0.324 e. The molecule has 0 fully saturated rings. The van der Waals surface area contributed by atoms with Gasteiger partial charge in [0.05, 0.1) is 5.69 Å². The Labute approximate surface area is 116 Å². The van der Waals surface area contributed by atoms with E-state index in [1.807, 2.05) is 48.5 Å². The van der Waals surface area contributed by atoms with E-state index in [-0.39, 0.29) is 5.91 Å². The average Bonchev–Trinajstić information content (AvgIpc) is 2.96. The van der Waals surface area contributed by atoms with Gasteiger partial charge in [0.1, 0.15) is 11.0 Å². The Morgan fingerprint density at radius 2 is 1.90 bits per heavy atom. The molecule has 0 aliphatic carbocycles. The number of carbonyl (C=O) groups excluding carboxylic acids is 1. The number of nitrogens with one attached hydrogen (secondary N) is 2. The summed E-state index contributed by atoms with van der Waals surface area (Å²) in [6.07, 6.45) is 1.17. The van der Waals surface area contributed by atoms with E-state index in [1.54, 1.807) is 0 Å². The fraction of sp³-hybridized carbons (Fsp3) is 0.133. The normalized spacial score (nSPS) is 10.6. The summed E-state index contributed by atoms with van der Waals surface area (Å²) in [6, 6.07) is 15.5. The maximum atomic E-state index is 12.0. The van der Waals surface area contributed by atoms with Gasteiger partial charge < -0.3 is 5.32 Å². The number of anilines is 1. The fourth-order valence-electron chi connectivity index (χ4n) is 2.08. The third kappa shape index (κ3) is 2.66. The third-order valence-corrected chi connectivity index (χ3v) is 3.10. The van der Waals surface area contributed by atoms with Gasteiger partial charge in [-0.25, -0.2) is 0 Å². The molecule has 0 aliphatic rings. The first kappa shape index (κ1) is 12.3. The van der Waals surface area contributed by atoms with E-state index >= 15 is 0 Å². The summed E-state index contributed by atoms with van der Waals surface area (Å²) >= 11 is 0. The SMILES string of the molecule is O=C(CCc1ccccc1)Nc1cccc2n[nH]nc12. The number of benzene rings is 2. The number of para-hydroxylation sites is 1. The molecule has 1 aromatic heterocycles. The Morgan fingerprint density at radius 3 is 2.75 bits per heavy atom. The van der Waals surface area contributed by atoms with E-state index in [1.165, 1.54) is 0 Å². The molecule has 5 heteroatoms. The molecule has 0 saturated carbocycles. The van der Waals surface area contributed by atoms with Crippen LogP contribution in [-0.2, 0) is 11.2 Å². The number of amides is 1. The first-order valence-corrected chi connectivity index (χ1v) is 6.46. The van der Waals surface area contributed by atoms with Gasteiger partial charge in [0, 0.05) is 6.42 Å². The molecular weight excluding hydrogens is 252 g/mol. The van der Waals surface area contributed by atoms with Crippen LogP contribution < -0.4 is 5.32 Å². The lowest BCUT2D eigenvalue weighted by Gasteiger charge is -2.05. The monoisotopic (exact) mass is 266 g/mol. The van der Waals surface area contributed by atoms with E-state index in [2.05, 4.69) is 20.7 Å². The third-order valence-electron chi connectivity index (χ3n) is 3.10. The molecule has 0 bridgehead atoms. The minimum absolute atomic E-state index is 0.0237. The lowest BCUT2D eigenvalue weighted by molar-refractivity contribution is -0.116. The van der Waals surface area contributed by atoms with Crippen LogP contribution in [0, 0.1) is 0 Å². The van der Waals surface area contributed by atoms with Gasteiger partial charge in [-0.2, -0.15) is 15.4 Å². The van der Waals surface area contributed by atoms with E-state index in [9.17, 15) is 4.79 Å². The Kier molecular flexibility index (Phi) is 3.41. The predicted molar refractivity (Wildman–Crippen MR) is 77.3 cm³/mol. The van der Waals surface area contributed by atoms with Gasteiger partial charge in [0.25, 0.3) is 0 Å². The molecule has 3 rings (SSSR count). The van der Waals surface area contributed by atoms with Crippen LogP contribution in [0.3, 0.4) is 0 Å². The number of hydrogen-bond acceptors (Lipinski definition) is 3. The van der Waals surface area contributed by atoms with Crippen LogP contribution in [-0.4, -0.2) is 21.3 Å². The van der Waals surface area contributed by atoms with Crippen molar-refractivity contribution >= 4 is 22.6 Å². The van der Waals surface area contributed by atoms with E-state index < -0.39 is 0 Å². The van der Waals surface area contributed by atoms with Gasteiger partial charge in [0.2, 0.25) is 5.91 Å². The van der Waals surface area contributed by atoms with Gasteiger partial charge in [-0.3, -0.25) is 4.79 Å². The quantitative estimate of drug-likeness (QED) is 0.762. The molecule has 100 valence electrons. The molecule has 0 aliphatic heterocycles. The second-order valence-corrected chi connectivity index (χ2v) is 4.53. The number of carbonyl (C=O) groups is 1. The predicted octanol–water partition coefficient (Wildman–Crippen LogP) is 2.53. The van der Waals surface area contributed by atoms with Crippen LogP contribution in [0.15, 0.2) is 48.5 Å². The van der Waals surface area contributed by atoms with Gasteiger partial charge in [-0.15, -0.1) is 0 Å². The van der Waals surface area contributed by atoms with Crippen molar-refractivity contribution < 1.29 is 4.79 Å². The molecule has 2 N–H and O–H groups in total. The number of rotatable bonds is 4. The minimum Gasteiger partial charge on any atom is -0.324 e. The number of nitrogens with zero attached hydrogens (tertiary/aromatic N) is 2. The highest BCUT2D eigenvalue weighted by Crippen LogP contribution is 2.19. The molecule has 2 aromatic carbocycles. The van der Waals surface area contributed by atoms with Gasteiger partial charge in [0.15, 0.2) is 0 Å². The number of hydrogen-bond donors (Lipinski definition) is 2. The molecule has 0 saturated heterocycles. The summed E-state index contributed by atoms with van der Waals surface area (Å²) in [5, 5.41) is 13.5. The lowest BCUT2D eigenvalue weighted by atomic mass is 10.1. The highest BCUT2D eigenvalue weighted by atomic mass is 16.1. The number of aromatic nitrogens is 3. The molecule has 0 unspecified atom stereocenters. The smallest absolute Gasteiger partial charge is 0.224 e. The summed E-state index contributed by atoms with van der Waals surface area (Å²) in [7, 11) is 0. The Hall–Kier alpha value is -2.69. The zero-order chi connectivity index (χ0) is 13.8. The van der Waals surface area contributed by atoms with Crippen LogP contribution in [0.2, 0.25) is 0 Å². The number of aromatic amines is 1. The van der Waals surface area contributed by atoms with Crippen LogP contribution in [0.1, 0.15) is 12.0 Å². The molecule has 5 nitrogen and oxygen atoms in total. The first-order valence-electron chi connectivity index (χ1n) is 6.46. The van der Waals surface area contributed by atoms with Crippen molar-refractivity contribution in [2.24, 2.45) is 0 Å². The Morgan fingerprint density at radius 1 is 1.05 bits per heavy atom. The maximum Gasteiger partial charge on any atom is 0.224 e. The maximum absolute atomic E-state index is 12.0. The minimum atomic E-state index is -0.0237. The van der Waals surface area contributed by atoms with Crippen molar-refractivity contribution in [3.05, 3.63) is 54.1 Å². The lowest BCUT2D eigenvalue weighted by Crippen LogP contribution is -2.12. The Balaban J connectivity index is 1.66. The topological polar surface area (TPSA) is 70.7 Å². The summed E-state index contributed by atoms with van der Waals surface area (Å²) in [5.74, 6) is -0.0237. The number of aryl methyl sites for hydroxylation is 1. The van der Waals surface area contributed by atoms with Gasteiger partial charge in [-0.1, -0.05) is 36.4 Å². The summed E-state index contributed by atoms with van der Waals surface area (Å²) in [5.41, 5.74) is 3.27. The number of fused-ring (bicyclic) bond motifs is 1. The average molecular weight is 266 g/mol. The van der Waals surface area contributed by atoms with Crippen LogP contribution in [0.4, 0.5) is 5.69 Å². The summed E-state index contributed by atoms with van der Waals surface area (Å²) in [4.78, 5) is 12.0. The van der Waals surface area contributed by atoms with E-state index in [4.69, 9.17) is 0 Å². The van der Waals surface area contributed by atoms with Crippen molar-refractivity contribution in [1.29, 1.82) is 0 Å². The van der Waals surface area contributed by atoms with Crippen molar-refractivity contribution in [2.75, 3.05) is 5.32 Å². The first-order chi connectivity index (χ1) is 9.83. The fourth-order valence-corrected chi connectivity index (χ4v) is 2.08. The second-order valence-electron chi connectivity index (χ2n) is 4.53. The zero-order valence-corrected chi connectivity index (χ0v) is 10.8. The molecule has 1 heterocycles. The van der Waals surface area contributed by atoms with Gasteiger partial charge >= 0.3 is 0 Å². The molecule has 1 amide bonds. The van der Waals surface area contributed by atoms with Crippen molar-refractivity contribution in [1.82, 2.24) is 15.4 Å². The summed E-state index contributed by atoms with van der Waals surface area (Å²) in [6.45, 7) is 0. The Bertz CT molecular complexity index is 721. The zero-order valence-electron chi connectivity index (χ0n) is 10.8. The van der Waals surface area contributed by atoms with Crippen molar-refractivity contribution in [2.45, 2.75) is 12.8 Å². The standard InChI is InChI=1S/C15H14N4O/c20-14(10-9-11-5-2-1-3-6-11)16-12-7-4-8-13-15(12)18-19-17-13/h1-8H,9-10H2,(H,16,20)(H,17,18,19). The molecule has 0 radical (unpaired) electrons. The van der Waals surface area contributed by atoms with Crippen molar-refractivity contribution in [3.8, 4) is 0 Å². The van der Waals surface area contributed by atoms with Crippen LogP contribution in [0.5, 0.6) is 0 Å². The molecule has 20 heavy (non-hydrogen) atoms. The molecular formula is C15H14N4O. The van der Waals surface area contributed by atoms with E-state index in [0.717, 1.165) is 17.5 Å². The summed E-state index contributed by atoms with van der Waals surface area (Å²) < 4.78 is 0. The molecule has 3 aromatic rings. The molecule has 0 spiro atoms. The number of H-pyrrole nitrogens is 1. The highest BCUT2D eigenvalue weighted by Gasteiger charge is 2.08. The van der Waals surface area contributed by atoms with Gasteiger partial charge in [-0.05, 0) is 24.1 Å². The van der Waals surface area contributed by atoms with Crippen molar-refractivity contribution in [3.63, 3.8) is 0 Å². The van der Waals surface area contributed by atoms with Crippen LogP contribution >= 0.6 is 0 Å². The van der Waals surface area contributed by atoms with E-state index in [0.29, 0.717) is 17.6 Å². The van der Waals surface area contributed by atoms with Crippen LogP contribution in [0.25, 0.3) is 11.0 Å². The molecule has 0 atom stereocenters.